The molecule has 1 heterocycles. The molecule has 0 unspecified atom stereocenters. The fourth-order valence-corrected chi connectivity index (χ4v) is 2.32. The summed E-state index contributed by atoms with van der Waals surface area (Å²) in [6.07, 6.45) is 4.22. The van der Waals surface area contributed by atoms with Crippen molar-refractivity contribution < 1.29 is 0 Å². The molecule has 1 rings (SSSR count). The molecule has 0 aliphatic heterocycles. The van der Waals surface area contributed by atoms with E-state index >= 15 is 0 Å². The van der Waals surface area contributed by atoms with E-state index in [1.54, 1.807) is 11.3 Å². The first-order chi connectivity index (χ1) is 6.60. The molecule has 0 saturated heterocycles. The molecule has 3 heteroatoms. The molecule has 0 radical (unpaired) electrons. The number of nitrogens with one attached hydrogen (secondary N) is 1. The van der Waals surface area contributed by atoms with Crippen molar-refractivity contribution in [3.05, 3.63) is 16.6 Å². The Bertz CT molecular complexity index is 250. The summed E-state index contributed by atoms with van der Waals surface area (Å²) >= 11 is 1.72. The van der Waals surface area contributed by atoms with Crippen molar-refractivity contribution in [2.45, 2.75) is 52.1 Å². The van der Waals surface area contributed by atoms with Gasteiger partial charge in [-0.05, 0) is 26.7 Å². The van der Waals surface area contributed by atoms with Crippen LogP contribution in [0.5, 0.6) is 0 Å². The second-order valence-corrected chi connectivity index (χ2v) is 5.01. The Kier molecular flexibility index (Phi) is 4.08. The lowest BCUT2D eigenvalue weighted by molar-refractivity contribution is 0.327. The highest BCUT2D eigenvalue weighted by Crippen LogP contribution is 2.23. The largest absolute Gasteiger partial charge is 0.303 e. The van der Waals surface area contributed by atoms with E-state index in [-0.39, 0.29) is 5.54 Å². The number of thiazole rings is 1. The minimum Gasteiger partial charge on any atom is -0.303 e. The third kappa shape index (κ3) is 2.79. The van der Waals surface area contributed by atoms with Gasteiger partial charge in [0.15, 0.2) is 0 Å². The van der Waals surface area contributed by atoms with E-state index in [1.165, 1.54) is 17.8 Å². The molecule has 0 aromatic carbocycles. The summed E-state index contributed by atoms with van der Waals surface area (Å²) in [5, 5.41) is 6.85. The van der Waals surface area contributed by atoms with E-state index in [2.05, 4.69) is 38.0 Å². The number of hydrogen-bond donors (Lipinski definition) is 1. The zero-order valence-electron chi connectivity index (χ0n) is 9.50. The summed E-state index contributed by atoms with van der Waals surface area (Å²) in [5.41, 5.74) is 0.00481. The number of nitrogens with zero attached hydrogens (tertiary/aromatic N) is 1. The third-order valence-electron chi connectivity index (χ3n) is 2.52. The van der Waals surface area contributed by atoms with Crippen molar-refractivity contribution in [1.82, 2.24) is 10.3 Å². The van der Waals surface area contributed by atoms with E-state index in [0.717, 1.165) is 0 Å². The van der Waals surface area contributed by atoms with Crippen LogP contribution in [-0.4, -0.2) is 11.0 Å². The topological polar surface area (TPSA) is 24.9 Å². The van der Waals surface area contributed by atoms with E-state index < -0.39 is 0 Å². The van der Waals surface area contributed by atoms with Crippen molar-refractivity contribution in [3.63, 3.8) is 0 Å². The summed E-state index contributed by atoms with van der Waals surface area (Å²) in [6, 6.07) is 0.592. The monoisotopic (exact) mass is 212 g/mol. The lowest BCUT2D eigenvalue weighted by Gasteiger charge is -2.29. The molecule has 0 aliphatic rings. The third-order valence-corrected chi connectivity index (χ3v) is 3.61. The lowest BCUT2D eigenvalue weighted by atomic mass is 10.0. The van der Waals surface area contributed by atoms with Gasteiger partial charge in [-0.3, -0.25) is 0 Å². The average molecular weight is 212 g/mol. The van der Waals surface area contributed by atoms with Crippen molar-refractivity contribution >= 4 is 11.3 Å². The van der Waals surface area contributed by atoms with Gasteiger partial charge in [-0.15, -0.1) is 11.3 Å². The van der Waals surface area contributed by atoms with Gasteiger partial charge in [0, 0.05) is 17.6 Å². The molecular weight excluding hydrogens is 192 g/mol. The highest BCUT2D eigenvalue weighted by atomic mass is 32.1. The maximum atomic E-state index is 4.37. The zero-order chi connectivity index (χ0) is 10.6. The Balaban J connectivity index is 2.66. The van der Waals surface area contributed by atoms with Crippen LogP contribution in [0, 0.1) is 0 Å². The van der Waals surface area contributed by atoms with Crippen LogP contribution in [0.1, 0.15) is 45.5 Å². The maximum absolute atomic E-state index is 4.37. The number of hydrogen-bond acceptors (Lipinski definition) is 3. The molecule has 0 fully saturated rings. The van der Waals surface area contributed by atoms with E-state index in [9.17, 15) is 0 Å². The molecule has 0 spiro atoms. The van der Waals surface area contributed by atoms with Gasteiger partial charge in [0.25, 0.3) is 0 Å². The molecule has 0 atom stereocenters. The normalized spacial score (nSPS) is 12.4. The van der Waals surface area contributed by atoms with Gasteiger partial charge >= 0.3 is 0 Å². The Morgan fingerprint density at radius 2 is 2.07 bits per heavy atom. The van der Waals surface area contributed by atoms with Crippen LogP contribution in [0.2, 0.25) is 0 Å². The van der Waals surface area contributed by atoms with Crippen molar-refractivity contribution in [2.24, 2.45) is 0 Å². The van der Waals surface area contributed by atoms with Gasteiger partial charge in [-0.2, -0.15) is 0 Å². The molecule has 1 aromatic rings. The summed E-state index contributed by atoms with van der Waals surface area (Å²) in [7, 11) is 0. The second kappa shape index (κ2) is 4.89. The lowest BCUT2D eigenvalue weighted by Crippen LogP contribution is -2.43. The van der Waals surface area contributed by atoms with Gasteiger partial charge in [0.1, 0.15) is 5.01 Å². The first-order valence-electron chi connectivity index (χ1n) is 5.27. The first kappa shape index (κ1) is 11.7. The van der Waals surface area contributed by atoms with Gasteiger partial charge in [-0.1, -0.05) is 13.8 Å². The van der Waals surface area contributed by atoms with Crippen molar-refractivity contribution in [1.29, 1.82) is 0 Å². The summed E-state index contributed by atoms with van der Waals surface area (Å²) in [4.78, 5) is 4.37. The summed E-state index contributed by atoms with van der Waals surface area (Å²) < 4.78 is 0. The van der Waals surface area contributed by atoms with Crippen LogP contribution in [0.25, 0.3) is 0 Å². The standard InChI is InChI=1S/C11H20N2S/c1-5-9(6-2)13-11(3,4)10-12-7-8-14-10/h7-9,13H,5-6H2,1-4H3. The van der Waals surface area contributed by atoms with Gasteiger partial charge < -0.3 is 5.32 Å². The number of aromatic nitrogens is 1. The predicted molar refractivity (Wildman–Crippen MR) is 62.6 cm³/mol. The van der Waals surface area contributed by atoms with E-state index in [4.69, 9.17) is 0 Å². The quantitative estimate of drug-likeness (QED) is 0.811. The zero-order valence-corrected chi connectivity index (χ0v) is 10.3. The molecule has 1 N–H and O–H groups in total. The van der Waals surface area contributed by atoms with Crippen molar-refractivity contribution in [3.8, 4) is 0 Å². The minimum absolute atomic E-state index is 0.00481. The SMILES string of the molecule is CCC(CC)NC(C)(C)c1nccs1. The predicted octanol–water partition coefficient (Wildman–Crippen LogP) is 3.16. The molecule has 1 aromatic heterocycles. The smallest absolute Gasteiger partial charge is 0.112 e. The van der Waals surface area contributed by atoms with Crippen LogP contribution >= 0.6 is 11.3 Å². The van der Waals surface area contributed by atoms with E-state index in [1.807, 2.05) is 11.6 Å². The highest BCUT2D eigenvalue weighted by Gasteiger charge is 2.24. The maximum Gasteiger partial charge on any atom is 0.112 e. The molecular formula is C11H20N2S. The first-order valence-corrected chi connectivity index (χ1v) is 6.15. The van der Waals surface area contributed by atoms with Crippen LogP contribution < -0.4 is 5.32 Å². The Labute approximate surface area is 90.8 Å². The Hall–Kier alpha value is -0.410. The molecule has 0 bridgehead atoms. The summed E-state index contributed by atoms with van der Waals surface area (Å²) in [5.74, 6) is 0. The minimum atomic E-state index is 0.00481. The average Bonchev–Trinajstić information content (AvgIpc) is 2.67. The molecule has 0 saturated carbocycles. The Morgan fingerprint density at radius 1 is 1.43 bits per heavy atom. The second-order valence-electron chi connectivity index (χ2n) is 4.12. The molecule has 2 nitrogen and oxygen atoms in total. The van der Waals surface area contributed by atoms with Crippen LogP contribution in [0.3, 0.4) is 0 Å². The van der Waals surface area contributed by atoms with Crippen molar-refractivity contribution in [2.75, 3.05) is 0 Å². The summed E-state index contributed by atoms with van der Waals surface area (Å²) in [6.45, 7) is 8.84. The number of rotatable bonds is 5. The van der Waals surface area contributed by atoms with Gasteiger partial charge in [-0.25, -0.2) is 4.98 Å². The van der Waals surface area contributed by atoms with Gasteiger partial charge in [0.05, 0.1) is 5.54 Å². The molecule has 80 valence electrons. The highest BCUT2D eigenvalue weighted by molar-refractivity contribution is 7.09. The fraction of sp³-hybridized carbons (Fsp3) is 0.727. The fourth-order valence-electron chi connectivity index (χ4n) is 1.60. The molecule has 14 heavy (non-hydrogen) atoms. The van der Waals surface area contributed by atoms with Crippen LogP contribution in [0.15, 0.2) is 11.6 Å². The van der Waals surface area contributed by atoms with Crippen LogP contribution in [-0.2, 0) is 5.54 Å². The van der Waals surface area contributed by atoms with Gasteiger partial charge in [0.2, 0.25) is 0 Å². The van der Waals surface area contributed by atoms with Crippen LogP contribution in [0.4, 0.5) is 0 Å². The Morgan fingerprint density at radius 3 is 2.50 bits per heavy atom. The molecule has 0 amide bonds. The molecule has 0 aliphatic carbocycles. The van der Waals surface area contributed by atoms with E-state index in [0.29, 0.717) is 6.04 Å².